The minimum atomic E-state index is -0.0234. The minimum Gasteiger partial charge on any atom is -0.390 e. The molecule has 0 saturated heterocycles. The normalized spacial score (nSPS) is 11.0. The van der Waals surface area contributed by atoms with Crippen LogP contribution in [0.3, 0.4) is 0 Å². The van der Waals surface area contributed by atoms with E-state index in [2.05, 4.69) is 4.98 Å². The molecule has 0 atom stereocenters. The van der Waals surface area contributed by atoms with Gasteiger partial charge in [0.05, 0.1) is 12.3 Å². The largest absolute Gasteiger partial charge is 0.390 e. The van der Waals surface area contributed by atoms with E-state index in [-0.39, 0.29) is 6.61 Å². The molecule has 0 unspecified atom stereocenters. The third-order valence-electron chi connectivity index (χ3n) is 2.95. The zero-order valence-electron chi connectivity index (χ0n) is 9.95. The van der Waals surface area contributed by atoms with Crippen LogP contribution >= 0.6 is 11.3 Å². The molecule has 2 aromatic heterocycles. The van der Waals surface area contributed by atoms with Gasteiger partial charge < -0.3 is 10.0 Å². The van der Waals surface area contributed by atoms with Crippen molar-refractivity contribution in [3.63, 3.8) is 0 Å². The minimum absolute atomic E-state index is 0.0234. The van der Waals surface area contributed by atoms with Gasteiger partial charge in [-0.1, -0.05) is 18.2 Å². The van der Waals surface area contributed by atoms with E-state index < -0.39 is 0 Å². The fourth-order valence-electron chi connectivity index (χ4n) is 2.01. The van der Waals surface area contributed by atoms with Crippen molar-refractivity contribution in [1.29, 1.82) is 0 Å². The summed E-state index contributed by atoms with van der Waals surface area (Å²) in [5, 5.41) is 11.5. The SMILES string of the molecule is CN(c1ccccc1)c1nc2sccn2c1CO. The van der Waals surface area contributed by atoms with Gasteiger partial charge in [-0.05, 0) is 12.1 Å². The van der Waals surface area contributed by atoms with Gasteiger partial charge in [0.25, 0.3) is 0 Å². The number of anilines is 2. The summed E-state index contributed by atoms with van der Waals surface area (Å²) in [6.07, 6.45) is 1.93. The third-order valence-corrected chi connectivity index (χ3v) is 3.71. The molecule has 0 radical (unpaired) electrons. The lowest BCUT2D eigenvalue weighted by Gasteiger charge is -2.17. The third kappa shape index (κ3) is 1.68. The van der Waals surface area contributed by atoms with Crippen LogP contribution in [-0.4, -0.2) is 21.5 Å². The first kappa shape index (κ1) is 11.3. The van der Waals surface area contributed by atoms with E-state index in [1.54, 1.807) is 11.3 Å². The summed E-state index contributed by atoms with van der Waals surface area (Å²) in [6, 6.07) is 10.0. The van der Waals surface area contributed by atoms with Crippen LogP contribution in [0.15, 0.2) is 41.9 Å². The maximum absolute atomic E-state index is 9.54. The summed E-state index contributed by atoms with van der Waals surface area (Å²) < 4.78 is 1.93. The highest BCUT2D eigenvalue weighted by atomic mass is 32.1. The number of imidazole rings is 1. The summed E-state index contributed by atoms with van der Waals surface area (Å²) >= 11 is 1.56. The Morgan fingerprint density at radius 1 is 1.33 bits per heavy atom. The lowest BCUT2D eigenvalue weighted by Crippen LogP contribution is -2.12. The van der Waals surface area contributed by atoms with Crippen molar-refractivity contribution < 1.29 is 5.11 Å². The second-order valence-electron chi connectivity index (χ2n) is 3.99. The van der Waals surface area contributed by atoms with E-state index in [1.165, 1.54) is 0 Å². The maximum Gasteiger partial charge on any atom is 0.195 e. The molecule has 0 amide bonds. The van der Waals surface area contributed by atoms with Gasteiger partial charge in [0, 0.05) is 24.3 Å². The topological polar surface area (TPSA) is 40.8 Å². The van der Waals surface area contributed by atoms with E-state index in [1.807, 2.05) is 58.3 Å². The Morgan fingerprint density at radius 3 is 2.83 bits per heavy atom. The average Bonchev–Trinajstić information content (AvgIpc) is 2.98. The molecule has 18 heavy (non-hydrogen) atoms. The fraction of sp³-hybridized carbons (Fsp3) is 0.154. The molecular formula is C13H13N3OS. The van der Waals surface area contributed by atoms with Crippen molar-refractivity contribution in [2.75, 3.05) is 11.9 Å². The lowest BCUT2D eigenvalue weighted by molar-refractivity contribution is 0.276. The number of fused-ring (bicyclic) bond motifs is 1. The van der Waals surface area contributed by atoms with E-state index in [0.29, 0.717) is 0 Å². The lowest BCUT2D eigenvalue weighted by atomic mass is 10.3. The monoisotopic (exact) mass is 259 g/mol. The van der Waals surface area contributed by atoms with Gasteiger partial charge in [0.2, 0.25) is 0 Å². The summed E-state index contributed by atoms with van der Waals surface area (Å²) in [5.41, 5.74) is 1.87. The van der Waals surface area contributed by atoms with Gasteiger partial charge >= 0.3 is 0 Å². The Hall–Kier alpha value is -1.85. The summed E-state index contributed by atoms with van der Waals surface area (Å²) in [5.74, 6) is 0.801. The quantitative estimate of drug-likeness (QED) is 0.786. The van der Waals surface area contributed by atoms with Gasteiger partial charge in [-0.25, -0.2) is 4.98 Å². The highest BCUT2D eigenvalue weighted by molar-refractivity contribution is 7.15. The van der Waals surface area contributed by atoms with Crippen LogP contribution in [0.4, 0.5) is 11.5 Å². The van der Waals surface area contributed by atoms with Crippen molar-refractivity contribution in [1.82, 2.24) is 9.38 Å². The Morgan fingerprint density at radius 2 is 2.11 bits per heavy atom. The van der Waals surface area contributed by atoms with Crippen LogP contribution in [-0.2, 0) is 6.61 Å². The number of aliphatic hydroxyl groups is 1. The molecule has 0 aliphatic rings. The number of aliphatic hydroxyl groups excluding tert-OH is 1. The molecule has 3 aromatic rings. The van der Waals surface area contributed by atoms with Crippen LogP contribution in [0.2, 0.25) is 0 Å². The molecule has 0 aliphatic carbocycles. The number of hydrogen-bond acceptors (Lipinski definition) is 4. The predicted molar refractivity (Wildman–Crippen MR) is 73.5 cm³/mol. The van der Waals surface area contributed by atoms with Crippen molar-refractivity contribution in [3.05, 3.63) is 47.6 Å². The van der Waals surface area contributed by atoms with E-state index >= 15 is 0 Å². The number of rotatable bonds is 3. The number of benzene rings is 1. The van der Waals surface area contributed by atoms with Gasteiger partial charge in [-0.3, -0.25) is 4.40 Å². The first-order valence-corrected chi connectivity index (χ1v) is 6.53. The fourth-order valence-corrected chi connectivity index (χ4v) is 2.74. The Kier molecular flexibility index (Phi) is 2.77. The number of para-hydroxylation sites is 1. The van der Waals surface area contributed by atoms with Crippen LogP contribution < -0.4 is 4.90 Å². The number of hydrogen-bond donors (Lipinski definition) is 1. The van der Waals surface area contributed by atoms with Gasteiger partial charge in [0.1, 0.15) is 0 Å². The summed E-state index contributed by atoms with van der Waals surface area (Å²) in [4.78, 5) is 7.46. The van der Waals surface area contributed by atoms with Gasteiger partial charge in [-0.2, -0.15) is 0 Å². The van der Waals surface area contributed by atoms with Gasteiger partial charge in [-0.15, -0.1) is 11.3 Å². The maximum atomic E-state index is 9.54. The molecule has 0 fully saturated rings. The van der Waals surface area contributed by atoms with Gasteiger partial charge in [0.15, 0.2) is 10.8 Å². The molecule has 0 spiro atoms. The Balaban J connectivity index is 2.11. The first-order chi connectivity index (χ1) is 8.81. The van der Waals surface area contributed by atoms with Crippen molar-refractivity contribution >= 4 is 27.8 Å². The smallest absolute Gasteiger partial charge is 0.195 e. The molecular weight excluding hydrogens is 246 g/mol. The molecule has 4 nitrogen and oxygen atoms in total. The van der Waals surface area contributed by atoms with E-state index in [9.17, 15) is 5.11 Å². The molecule has 92 valence electrons. The molecule has 1 N–H and O–H groups in total. The van der Waals surface area contributed by atoms with Crippen molar-refractivity contribution in [2.45, 2.75) is 6.61 Å². The number of nitrogens with zero attached hydrogens (tertiary/aromatic N) is 3. The average molecular weight is 259 g/mol. The van der Waals surface area contributed by atoms with E-state index in [0.717, 1.165) is 22.2 Å². The zero-order chi connectivity index (χ0) is 12.5. The summed E-state index contributed by atoms with van der Waals surface area (Å²) in [7, 11) is 1.96. The predicted octanol–water partition coefficient (Wildman–Crippen LogP) is 2.66. The van der Waals surface area contributed by atoms with Crippen LogP contribution in [0, 0.1) is 0 Å². The molecule has 5 heteroatoms. The molecule has 0 aliphatic heterocycles. The molecule has 3 rings (SSSR count). The van der Waals surface area contributed by atoms with E-state index in [4.69, 9.17) is 0 Å². The first-order valence-electron chi connectivity index (χ1n) is 5.65. The zero-order valence-corrected chi connectivity index (χ0v) is 10.8. The standard InChI is InChI=1S/C13H13N3OS/c1-15(10-5-3-2-4-6-10)12-11(9-17)16-7-8-18-13(16)14-12/h2-8,17H,9H2,1H3. The summed E-state index contributed by atoms with van der Waals surface area (Å²) in [6.45, 7) is -0.0234. The molecule has 1 aromatic carbocycles. The number of aromatic nitrogens is 2. The second kappa shape index (κ2) is 4.44. The molecule has 2 heterocycles. The highest BCUT2D eigenvalue weighted by Gasteiger charge is 2.16. The van der Waals surface area contributed by atoms with Crippen LogP contribution in [0.25, 0.3) is 4.96 Å². The van der Waals surface area contributed by atoms with Crippen LogP contribution in [0.1, 0.15) is 5.69 Å². The van der Waals surface area contributed by atoms with Crippen molar-refractivity contribution in [3.8, 4) is 0 Å². The Labute approximate surface area is 109 Å². The second-order valence-corrected chi connectivity index (χ2v) is 4.86. The van der Waals surface area contributed by atoms with Crippen LogP contribution in [0.5, 0.6) is 0 Å². The molecule has 0 bridgehead atoms. The molecule has 0 saturated carbocycles. The van der Waals surface area contributed by atoms with Crippen molar-refractivity contribution in [2.24, 2.45) is 0 Å². The highest BCUT2D eigenvalue weighted by Crippen LogP contribution is 2.28. The Bertz CT molecular complexity index is 659. The number of thiazole rings is 1.